The van der Waals surface area contributed by atoms with Crippen LogP contribution < -0.4 is 9.62 Å². The minimum Gasteiger partial charge on any atom is -0.354 e. The highest BCUT2D eigenvalue weighted by Gasteiger charge is 2.30. The summed E-state index contributed by atoms with van der Waals surface area (Å²) in [6.45, 7) is 0. The van der Waals surface area contributed by atoms with Gasteiger partial charge in [0.2, 0.25) is 0 Å². The number of rotatable bonds is 2. The second-order valence-corrected chi connectivity index (χ2v) is 5.22. The second kappa shape index (κ2) is 6.08. The summed E-state index contributed by atoms with van der Waals surface area (Å²) in [5.41, 5.74) is -0.126. The lowest BCUT2D eigenvalue weighted by Gasteiger charge is -2.14. The molecule has 0 unspecified atom stereocenters. The van der Waals surface area contributed by atoms with Crippen LogP contribution in [0.2, 0.25) is 0 Å². The van der Waals surface area contributed by atoms with Gasteiger partial charge in [-0.25, -0.2) is 9.10 Å². The van der Waals surface area contributed by atoms with E-state index in [1.54, 1.807) is 24.3 Å². The number of carbonyl (C=O) groups excluding carboxylic acids is 1. The molecular formula is C15H10F3N3O2S. The number of fused-ring (bicyclic) bond motifs is 1. The van der Waals surface area contributed by atoms with Crippen molar-refractivity contribution in [2.24, 2.45) is 0 Å². The number of amides is 2. The SMILES string of the molecule is O=C(Nc1ccc(C(F)(F)F)cc1)N(S)c1noc2ccccc12. The van der Waals surface area contributed by atoms with Crippen molar-refractivity contribution >= 4 is 41.3 Å². The molecule has 0 radical (unpaired) electrons. The van der Waals surface area contributed by atoms with Gasteiger partial charge >= 0.3 is 12.2 Å². The first-order valence-corrected chi connectivity index (χ1v) is 7.08. The number of hydrogen-bond donors (Lipinski definition) is 2. The molecule has 3 rings (SSSR count). The van der Waals surface area contributed by atoms with Gasteiger partial charge in [0, 0.05) is 5.69 Å². The number of nitrogens with zero attached hydrogens (tertiary/aromatic N) is 2. The van der Waals surface area contributed by atoms with Crippen molar-refractivity contribution in [3.05, 3.63) is 54.1 Å². The van der Waals surface area contributed by atoms with Crippen LogP contribution in [0.15, 0.2) is 53.1 Å². The van der Waals surface area contributed by atoms with Crippen molar-refractivity contribution in [3.8, 4) is 0 Å². The van der Waals surface area contributed by atoms with Gasteiger partial charge in [-0.05, 0) is 36.4 Å². The van der Waals surface area contributed by atoms with E-state index in [1.807, 2.05) is 0 Å². The standard InChI is InChI=1S/C15H10F3N3O2S/c16-15(17,18)9-5-7-10(8-6-9)19-14(22)21(24)13-11-3-1-2-4-12(11)23-20-13/h1-8,24H,(H,19,22). The maximum Gasteiger partial charge on any atom is 0.416 e. The highest BCUT2D eigenvalue weighted by molar-refractivity contribution is 7.82. The molecule has 124 valence electrons. The molecule has 0 atom stereocenters. The number of halogens is 3. The molecule has 0 aliphatic carbocycles. The number of urea groups is 1. The first kappa shape index (κ1) is 16.2. The number of nitrogens with one attached hydrogen (secondary N) is 1. The predicted molar refractivity (Wildman–Crippen MR) is 85.9 cm³/mol. The summed E-state index contributed by atoms with van der Waals surface area (Å²) in [5.74, 6) is 0.179. The molecule has 2 amide bonds. The van der Waals surface area contributed by atoms with E-state index in [4.69, 9.17) is 4.52 Å². The molecule has 0 spiro atoms. The molecular weight excluding hydrogens is 343 g/mol. The van der Waals surface area contributed by atoms with Gasteiger partial charge in [-0.1, -0.05) is 30.1 Å². The largest absolute Gasteiger partial charge is 0.416 e. The van der Waals surface area contributed by atoms with Crippen molar-refractivity contribution in [2.75, 3.05) is 9.62 Å². The van der Waals surface area contributed by atoms with Crippen LogP contribution in [0.25, 0.3) is 11.0 Å². The average Bonchev–Trinajstić information content (AvgIpc) is 2.97. The van der Waals surface area contributed by atoms with E-state index < -0.39 is 17.8 Å². The number of carbonyl (C=O) groups is 1. The lowest BCUT2D eigenvalue weighted by Crippen LogP contribution is -2.27. The van der Waals surface area contributed by atoms with Gasteiger partial charge in [-0.15, -0.1) is 0 Å². The molecule has 24 heavy (non-hydrogen) atoms. The van der Waals surface area contributed by atoms with Crippen LogP contribution in [0.5, 0.6) is 0 Å². The molecule has 2 aromatic carbocycles. The van der Waals surface area contributed by atoms with Gasteiger partial charge < -0.3 is 9.84 Å². The van der Waals surface area contributed by atoms with Crippen molar-refractivity contribution in [3.63, 3.8) is 0 Å². The Hall–Kier alpha value is -2.68. The van der Waals surface area contributed by atoms with Crippen LogP contribution >= 0.6 is 12.8 Å². The number of hydrogen-bond acceptors (Lipinski definition) is 4. The average molecular weight is 353 g/mol. The first-order chi connectivity index (χ1) is 11.4. The molecule has 3 aromatic rings. The molecule has 0 bridgehead atoms. The van der Waals surface area contributed by atoms with E-state index >= 15 is 0 Å². The van der Waals surface area contributed by atoms with Crippen LogP contribution in [0, 0.1) is 0 Å². The zero-order valence-electron chi connectivity index (χ0n) is 11.9. The zero-order valence-corrected chi connectivity index (χ0v) is 12.8. The summed E-state index contributed by atoms with van der Waals surface area (Å²) in [5, 5.41) is 6.78. The molecule has 9 heteroatoms. The highest BCUT2D eigenvalue weighted by atomic mass is 32.1. The summed E-state index contributed by atoms with van der Waals surface area (Å²) in [7, 11) is 0. The highest BCUT2D eigenvalue weighted by Crippen LogP contribution is 2.30. The topological polar surface area (TPSA) is 58.4 Å². The Kier molecular flexibility index (Phi) is 4.10. The van der Waals surface area contributed by atoms with Crippen molar-refractivity contribution < 1.29 is 22.5 Å². The van der Waals surface area contributed by atoms with Gasteiger partial charge in [0.15, 0.2) is 11.4 Å². The maximum atomic E-state index is 12.5. The molecule has 1 heterocycles. The molecule has 0 aliphatic rings. The fourth-order valence-electron chi connectivity index (χ4n) is 2.04. The fourth-order valence-corrected chi connectivity index (χ4v) is 2.23. The van der Waals surface area contributed by atoms with E-state index in [0.717, 1.165) is 28.6 Å². The molecule has 0 aliphatic heterocycles. The number of para-hydroxylation sites is 1. The van der Waals surface area contributed by atoms with E-state index in [1.165, 1.54) is 0 Å². The lowest BCUT2D eigenvalue weighted by atomic mass is 10.2. The molecule has 5 nitrogen and oxygen atoms in total. The summed E-state index contributed by atoms with van der Waals surface area (Å²) >= 11 is 4.07. The molecule has 1 N–H and O–H groups in total. The Bertz CT molecular complexity index is 878. The Morgan fingerprint density at radius 1 is 1.12 bits per heavy atom. The molecule has 0 saturated heterocycles. The Balaban J connectivity index is 1.77. The maximum absolute atomic E-state index is 12.5. The van der Waals surface area contributed by atoms with Crippen LogP contribution in [-0.4, -0.2) is 11.2 Å². The lowest BCUT2D eigenvalue weighted by molar-refractivity contribution is -0.137. The predicted octanol–water partition coefficient (Wildman–Crippen LogP) is 4.73. The number of benzene rings is 2. The number of thiol groups is 1. The molecule has 0 fully saturated rings. The van der Waals surface area contributed by atoms with Crippen LogP contribution in [0.4, 0.5) is 29.5 Å². The van der Waals surface area contributed by atoms with Crippen molar-refractivity contribution in [2.45, 2.75) is 6.18 Å². The number of anilines is 2. The summed E-state index contributed by atoms with van der Waals surface area (Å²) in [4.78, 5) is 12.2. The van der Waals surface area contributed by atoms with Gasteiger partial charge in [-0.3, -0.25) is 0 Å². The normalized spacial score (nSPS) is 11.5. The Morgan fingerprint density at radius 2 is 1.79 bits per heavy atom. The van der Waals surface area contributed by atoms with Gasteiger partial charge in [0.1, 0.15) is 0 Å². The molecule has 0 saturated carbocycles. The van der Waals surface area contributed by atoms with E-state index in [2.05, 4.69) is 23.3 Å². The second-order valence-electron chi connectivity index (χ2n) is 4.82. The van der Waals surface area contributed by atoms with E-state index in [0.29, 0.717) is 11.0 Å². The van der Waals surface area contributed by atoms with Crippen LogP contribution in [0.3, 0.4) is 0 Å². The summed E-state index contributed by atoms with van der Waals surface area (Å²) in [6, 6.07) is 10.3. The molecule has 1 aromatic heterocycles. The van der Waals surface area contributed by atoms with Gasteiger partial charge in [0.05, 0.1) is 10.9 Å². The zero-order chi connectivity index (χ0) is 17.3. The third-order valence-electron chi connectivity index (χ3n) is 3.21. The Morgan fingerprint density at radius 3 is 2.46 bits per heavy atom. The van der Waals surface area contributed by atoms with Gasteiger partial charge in [-0.2, -0.15) is 13.2 Å². The van der Waals surface area contributed by atoms with Crippen molar-refractivity contribution in [1.29, 1.82) is 0 Å². The summed E-state index contributed by atoms with van der Waals surface area (Å²) < 4.78 is 43.6. The van der Waals surface area contributed by atoms with Crippen molar-refractivity contribution in [1.82, 2.24) is 5.16 Å². The van der Waals surface area contributed by atoms with Crippen LogP contribution in [-0.2, 0) is 6.18 Å². The Labute approximate surface area is 139 Å². The monoisotopic (exact) mass is 353 g/mol. The summed E-state index contributed by atoms with van der Waals surface area (Å²) in [6.07, 6.45) is -4.43. The van der Waals surface area contributed by atoms with Gasteiger partial charge in [0.25, 0.3) is 0 Å². The minimum absolute atomic E-state index is 0.179. The first-order valence-electron chi connectivity index (χ1n) is 6.68. The number of aromatic nitrogens is 1. The minimum atomic E-state index is -4.43. The van der Waals surface area contributed by atoms with E-state index in [9.17, 15) is 18.0 Å². The smallest absolute Gasteiger partial charge is 0.354 e. The fraction of sp³-hybridized carbons (Fsp3) is 0.0667. The van der Waals surface area contributed by atoms with Crippen LogP contribution in [0.1, 0.15) is 5.56 Å². The number of alkyl halides is 3. The third-order valence-corrected chi connectivity index (χ3v) is 3.59. The quantitative estimate of drug-likeness (QED) is 0.655. The van der Waals surface area contributed by atoms with E-state index in [-0.39, 0.29) is 11.5 Å². The third kappa shape index (κ3) is 3.16.